The monoisotopic (exact) mass is 164 g/mol. The van der Waals surface area contributed by atoms with Crippen molar-refractivity contribution in [2.75, 3.05) is 6.61 Å². The van der Waals surface area contributed by atoms with Crippen molar-refractivity contribution in [1.82, 2.24) is 0 Å². The van der Waals surface area contributed by atoms with Crippen LogP contribution in [0.4, 0.5) is 0 Å². The molecule has 0 aromatic carbocycles. The minimum absolute atomic E-state index is 0.719. The Kier molecular flexibility index (Phi) is 1.90. The second-order valence-electron chi connectivity index (χ2n) is 2.80. The van der Waals surface area contributed by atoms with Crippen LogP contribution in [-0.4, -0.2) is 6.61 Å². The molecule has 0 fully saturated rings. The van der Waals surface area contributed by atoms with Gasteiger partial charge < -0.3 is 9.15 Å². The first-order valence-electron chi connectivity index (χ1n) is 4.31. The number of allylic oxidation sites excluding steroid dienone is 1. The molecule has 1 aliphatic rings. The van der Waals surface area contributed by atoms with E-state index < -0.39 is 0 Å². The van der Waals surface area contributed by atoms with Crippen LogP contribution in [0.3, 0.4) is 0 Å². The molecule has 1 aromatic rings. The quantitative estimate of drug-likeness (QED) is 0.670. The van der Waals surface area contributed by atoms with E-state index in [0.29, 0.717) is 0 Å². The Morgan fingerprint density at radius 1 is 1.58 bits per heavy atom. The molecular weight excluding hydrogens is 152 g/mol. The van der Waals surface area contributed by atoms with Gasteiger partial charge in [-0.2, -0.15) is 0 Å². The molecule has 2 rings (SSSR count). The number of fused-ring (bicyclic) bond motifs is 1. The maximum atomic E-state index is 5.47. The molecule has 12 heavy (non-hydrogen) atoms. The van der Waals surface area contributed by atoms with Crippen LogP contribution in [-0.2, 0) is 11.2 Å². The first-order chi connectivity index (χ1) is 5.92. The van der Waals surface area contributed by atoms with E-state index in [4.69, 9.17) is 9.15 Å². The summed E-state index contributed by atoms with van der Waals surface area (Å²) < 4.78 is 10.8. The number of aryl methyl sites for hydroxylation is 1. The number of ether oxygens (including phenoxy) is 1. The van der Waals surface area contributed by atoms with Crippen molar-refractivity contribution in [3.63, 3.8) is 0 Å². The number of hydrogen-bond donors (Lipinski definition) is 0. The number of hydrogen-bond acceptors (Lipinski definition) is 2. The maximum Gasteiger partial charge on any atom is 0.126 e. The van der Waals surface area contributed by atoms with Gasteiger partial charge in [0, 0.05) is 6.42 Å². The lowest BCUT2D eigenvalue weighted by atomic mass is 10.0. The third kappa shape index (κ3) is 1.13. The van der Waals surface area contributed by atoms with Gasteiger partial charge in [0.2, 0.25) is 0 Å². The van der Waals surface area contributed by atoms with Crippen LogP contribution in [0.15, 0.2) is 22.8 Å². The molecular formula is C10H12O2. The average molecular weight is 164 g/mol. The van der Waals surface area contributed by atoms with E-state index in [-0.39, 0.29) is 0 Å². The first-order valence-corrected chi connectivity index (χ1v) is 4.31. The highest BCUT2D eigenvalue weighted by molar-refractivity contribution is 5.63. The van der Waals surface area contributed by atoms with Crippen LogP contribution < -0.4 is 0 Å². The fraction of sp³-hybridized carbons (Fsp3) is 0.400. The molecule has 0 aliphatic heterocycles. The predicted octanol–water partition coefficient (Wildman–Crippen LogP) is 2.60. The third-order valence-corrected chi connectivity index (χ3v) is 2.01. The summed E-state index contributed by atoms with van der Waals surface area (Å²) in [5, 5.41) is 0. The van der Waals surface area contributed by atoms with E-state index in [0.717, 1.165) is 36.5 Å². The van der Waals surface area contributed by atoms with Gasteiger partial charge in [-0.25, -0.2) is 0 Å². The Hall–Kier alpha value is -1.18. The van der Waals surface area contributed by atoms with Gasteiger partial charge in [-0.1, -0.05) is 0 Å². The standard InChI is InChI=1S/C10H12O2/c1-2-11-9-4-3-5-10-8(9)6-7-12-10/h4,6-7H,2-3,5H2,1H3. The largest absolute Gasteiger partial charge is 0.493 e. The molecule has 0 atom stereocenters. The Balaban J connectivity index is 2.30. The molecule has 0 amide bonds. The zero-order valence-corrected chi connectivity index (χ0v) is 7.17. The van der Waals surface area contributed by atoms with Gasteiger partial charge in [-0.05, 0) is 25.5 Å². The summed E-state index contributed by atoms with van der Waals surface area (Å²) in [6, 6.07) is 1.97. The predicted molar refractivity (Wildman–Crippen MR) is 46.6 cm³/mol. The van der Waals surface area contributed by atoms with E-state index in [9.17, 15) is 0 Å². The van der Waals surface area contributed by atoms with Crippen molar-refractivity contribution >= 4 is 5.76 Å². The fourth-order valence-corrected chi connectivity index (χ4v) is 1.49. The van der Waals surface area contributed by atoms with Gasteiger partial charge in [0.15, 0.2) is 0 Å². The zero-order valence-electron chi connectivity index (χ0n) is 7.17. The highest BCUT2D eigenvalue weighted by atomic mass is 16.5. The van der Waals surface area contributed by atoms with Crippen LogP contribution in [0.5, 0.6) is 0 Å². The van der Waals surface area contributed by atoms with Gasteiger partial charge in [0.25, 0.3) is 0 Å². The van der Waals surface area contributed by atoms with Crippen molar-refractivity contribution in [2.24, 2.45) is 0 Å². The summed E-state index contributed by atoms with van der Waals surface area (Å²) in [6.45, 7) is 2.71. The van der Waals surface area contributed by atoms with Crippen molar-refractivity contribution in [1.29, 1.82) is 0 Å². The first kappa shape index (κ1) is 7.47. The normalized spacial score (nSPS) is 15.2. The van der Waals surface area contributed by atoms with Gasteiger partial charge in [-0.3, -0.25) is 0 Å². The second kappa shape index (κ2) is 3.05. The summed E-state index contributed by atoms with van der Waals surface area (Å²) >= 11 is 0. The number of furan rings is 1. The summed E-state index contributed by atoms with van der Waals surface area (Å²) in [4.78, 5) is 0. The molecule has 64 valence electrons. The van der Waals surface area contributed by atoms with Crippen LogP contribution in [0.2, 0.25) is 0 Å². The molecule has 2 nitrogen and oxygen atoms in total. The van der Waals surface area contributed by atoms with Crippen molar-refractivity contribution in [3.05, 3.63) is 29.7 Å². The van der Waals surface area contributed by atoms with Gasteiger partial charge in [0.05, 0.1) is 18.4 Å². The van der Waals surface area contributed by atoms with E-state index >= 15 is 0 Å². The molecule has 1 aliphatic carbocycles. The van der Waals surface area contributed by atoms with Crippen LogP contribution in [0, 0.1) is 0 Å². The molecule has 0 saturated heterocycles. The fourth-order valence-electron chi connectivity index (χ4n) is 1.49. The number of rotatable bonds is 2. The molecule has 0 bridgehead atoms. The van der Waals surface area contributed by atoms with Crippen molar-refractivity contribution in [3.8, 4) is 0 Å². The van der Waals surface area contributed by atoms with E-state index in [1.165, 1.54) is 0 Å². The van der Waals surface area contributed by atoms with Crippen LogP contribution in [0.1, 0.15) is 24.7 Å². The molecule has 2 heteroatoms. The van der Waals surface area contributed by atoms with Crippen molar-refractivity contribution in [2.45, 2.75) is 19.8 Å². The smallest absolute Gasteiger partial charge is 0.126 e. The Labute approximate surface area is 71.8 Å². The van der Waals surface area contributed by atoms with Crippen LogP contribution in [0.25, 0.3) is 5.76 Å². The third-order valence-electron chi connectivity index (χ3n) is 2.01. The zero-order chi connectivity index (χ0) is 8.39. The minimum Gasteiger partial charge on any atom is -0.493 e. The minimum atomic E-state index is 0.719. The summed E-state index contributed by atoms with van der Waals surface area (Å²) in [5.41, 5.74) is 1.13. The lowest BCUT2D eigenvalue weighted by Gasteiger charge is -2.12. The molecule has 1 aromatic heterocycles. The molecule has 0 N–H and O–H groups in total. The molecule has 0 spiro atoms. The average Bonchev–Trinajstić information content (AvgIpc) is 2.53. The molecule has 0 radical (unpaired) electrons. The van der Waals surface area contributed by atoms with Crippen molar-refractivity contribution < 1.29 is 9.15 Å². The topological polar surface area (TPSA) is 22.4 Å². The summed E-state index contributed by atoms with van der Waals surface area (Å²) in [5.74, 6) is 2.04. The van der Waals surface area contributed by atoms with E-state index in [2.05, 4.69) is 6.08 Å². The lowest BCUT2D eigenvalue weighted by molar-refractivity contribution is 0.294. The van der Waals surface area contributed by atoms with Gasteiger partial charge >= 0.3 is 0 Å². The van der Waals surface area contributed by atoms with Crippen LogP contribution >= 0.6 is 0 Å². The van der Waals surface area contributed by atoms with E-state index in [1.54, 1.807) is 6.26 Å². The Morgan fingerprint density at radius 2 is 2.50 bits per heavy atom. The summed E-state index contributed by atoms with van der Waals surface area (Å²) in [7, 11) is 0. The van der Waals surface area contributed by atoms with Gasteiger partial charge in [-0.15, -0.1) is 0 Å². The Bertz CT molecular complexity index is 297. The molecule has 1 heterocycles. The molecule has 0 unspecified atom stereocenters. The second-order valence-corrected chi connectivity index (χ2v) is 2.80. The maximum absolute atomic E-state index is 5.47. The van der Waals surface area contributed by atoms with E-state index in [1.807, 2.05) is 13.0 Å². The molecule has 0 saturated carbocycles. The lowest BCUT2D eigenvalue weighted by Crippen LogP contribution is -1.99. The summed E-state index contributed by atoms with van der Waals surface area (Å²) in [6.07, 6.45) is 5.87. The SMILES string of the molecule is CCOC1=CCCc2occc21. The highest BCUT2D eigenvalue weighted by Crippen LogP contribution is 2.27. The highest BCUT2D eigenvalue weighted by Gasteiger charge is 2.15. The van der Waals surface area contributed by atoms with Gasteiger partial charge in [0.1, 0.15) is 11.5 Å². The Morgan fingerprint density at radius 3 is 3.33 bits per heavy atom.